The number of aromatic nitrogens is 2. The van der Waals surface area contributed by atoms with Crippen molar-refractivity contribution >= 4 is 23.0 Å². The van der Waals surface area contributed by atoms with Crippen molar-refractivity contribution in [1.29, 1.82) is 0 Å². The molecule has 1 fully saturated rings. The lowest BCUT2D eigenvalue weighted by Gasteiger charge is -2.28. The summed E-state index contributed by atoms with van der Waals surface area (Å²) in [6.45, 7) is 4.20. The van der Waals surface area contributed by atoms with Gasteiger partial charge in [-0.15, -0.1) is 0 Å². The summed E-state index contributed by atoms with van der Waals surface area (Å²) in [5.41, 5.74) is 5.63. The summed E-state index contributed by atoms with van der Waals surface area (Å²) in [5.74, 6) is 0. The number of para-hydroxylation sites is 1. The van der Waals surface area contributed by atoms with Gasteiger partial charge in [-0.3, -0.25) is 4.98 Å². The van der Waals surface area contributed by atoms with Crippen LogP contribution >= 0.6 is 12.2 Å². The second kappa shape index (κ2) is 6.33. The zero-order valence-electron chi connectivity index (χ0n) is 14.2. The van der Waals surface area contributed by atoms with E-state index in [1.54, 1.807) is 0 Å². The Labute approximate surface area is 152 Å². The summed E-state index contributed by atoms with van der Waals surface area (Å²) in [7, 11) is 0. The Hall–Kier alpha value is -2.66. The van der Waals surface area contributed by atoms with Crippen LogP contribution in [0.25, 0.3) is 0 Å². The minimum atomic E-state index is 0.00260. The van der Waals surface area contributed by atoms with Gasteiger partial charge >= 0.3 is 0 Å². The quantitative estimate of drug-likeness (QED) is 0.696. The van der Waals surface area contributed by atoms with Crippen LogP contribution in [-0.4, -0.2) is 15.1 Å². The number of hydrogen-bond acceptors (Lipinski definition) is 2. The molecule has 0 aliphatic carbocycles. The van der Waals surface area contributed by atoms with Crippen LogP contribution in [0.2, 0.25) is 0 Å². The van der Waals surface area contributed by atoms with Crippen LogP contribution in [0.1, 0.15) is 34.7 Å². The monoisotopic (exact) mass is 348 g/mol. The maximum absolute atomic E-state index is 5.70. The van der Waals surface area contributed by atoms with Crippen molar-refractivity contribution in [3.63, 3.8) is 0 Å². The number of nitrogens with zero attached hydrogens (tertiary/aromatic N) is 2. The van der Waals surface area contributed by atoms with Crippen molar-refractivity contribution in [2.24, 2.45) is 0 Å². The van der Waals surface area contributed by atoms with Crippen LogP contribution in [0, 0.1) is 13.8 Å². The van der Waals surface area contributed by atoms with Gasteiger partial charge in [0.15, 0.2) is 5.11 Å². The highest BCUT2D eigenvalue weighted by Gasteiger charge is 2.41. The van der Waals surface area contributed by atoms with Gasteiger partial charge in [0, 0.05) is 23.3 Å². The van der Waals surface area contributed by atoms with Gasteiger partial charge in [0.2, 0.25) is 0 Å². The van der Waals surface area contributed by atoms with E-state index in [-0.39, 0.29) is 12.1 Å². The predicted octanol–water partition coefficient (Wildman–Crippen LogP) is 4.20. The minimum absolute atomic E-state index is 0.00260. The first-order valence-corrected chi connectivity index (χ1v) is 8.78. The smallest absolute Gasteiger partial charge is 0.174 e. The predicted molar refractivity (Wildman–Crippen MR) is 105 cm³/mol. The van der Waals surface area contributed by atoms with Crippen molar-refractivity contribution in [2.75, 3.05) is 4.90 Å². The van der Waals surface area contributed by atoms with Crippen molar-refractivity contribution in [2.45, 2.75) is 25.9 Å². The number of aromatic amines is 1. The van der Waals surface area contributed by atoms with Crippen molar-refractivity contribution in [3.05, 3.63) is 83.4 Å². The van der Waals surface area contributed by atoms with Crippen molar-refractivity contribution in [1.82, 2.24) is 15.3 Å². The summed E-state index contributed by atoms with van der Waals surface area (Å²) >= 11 is 5.70. The molecule has 2 atom stereocenters. The van der Waals surface area contributed by atoms with Gasteiger partial charge in [-0.1, -0.05) is 24.3 Å². The lowest BCUT2D eigenvalue weighted by molar-refractivity contribution is 0.566. The molecule has 2 N–H and O–H groups in total. The van der Waals surface area contributed by atoms with E-state index in [4.69, 9.17) is 12.2 Å². The molecule has 1 aliphatic heterocycles. The SMILES string of the molecule is Cc1cc([C@H]2[C@H](c3ccccn3)NC(=S)N2c2ccccc2)c(C)[nH]1. The van der Waals surface area contributed by atoms with E-state index in [1.807, 2.05) is 36.5 Å². The average molecular weight is 348 g/mol. The molecule has 5 heteroatoms. The summed E-state index contributed by atoms with van der Waals surface area (Å²) in [4.78, 5) is 10.2. The topological polar surface area (TPSA) is 44.0 Å². The number of anilines is 1. The van der Waals surface area contributed by atoms with Gasteiger partial charge in [-0.25, -0.2) is 0 Å². The van der Waals surface area contributed by atoms with Crippen LogP contribution in [0.3, 0.4) is 0 Å². The number of hydrogen-bond donors (Lipinski definition) is 2. The zero-order chi connectivity index (χ0) is 17.4. The molecule has 2 aromatic heterocycles. The van der Waals surface area contributed by atoms with E-state index < -0.39 is 0 Å². The van der Waals surface area contributed by atoms with Crippen molar-refractivity contribution < 1.29 is 0 Å². The standard InChI is InChI=1S/C20H20N4S/c1-13-12-16(14(2)22-13)19-18(17-10-6-7-11-21-17)23-20(25)24(19)15-8-4-3-5-9-15/h3-12,18-19,22H,1-2H3,(H,23,25)/t18-,19-/m0/s1. The first-order chi connectivity index (χ1) is 12.1. The lowest BCUT2D eigenvalue weighted by Crippen LogP contribution is -2.29. The van der Waals surface area contributed by atoms with Gasteiger partial charge in [-0.2, -0.15) is 0 Å². The minimum Gasteiger partial charge on any atom is -0.362 e. The molecule has 0 spiro atoms. The second-order valence-electron chi connectivity index (χ2n) is 6.36. The van der Waals surface area contributed by atoms with E-state index >= 15 is 0 Å². The molecule has 3 heterocycles. The third-order valence-corrected chi connectivity index (χ3v) is 4.96. The van der Waals surface area contributed by atoms with Crippen LogP contribution in [0.4, 0.5) is 5.69 Å². The largest absolute Gasteiger partial charge is 0.362 e. The zero-order valence-corrected chi connectivity index (χ0v) is 15.0. The first kappa shape index (κ1) is 15.8. The summed E-state index contributed by atoms with van der Waals surface area (Å²) in [6, 6.07) is 18.6. The van der Waals surface area contributed by atoms with Crippen LogP contribution in [-0.2, 0) is 0 Å². The normalized spacial score (nSPS) is 19.9. The number of benzene rings is 1. The Bertz CT molecular complexity index is 889. The summed E-state index contributed by atoms with van der Waals surface area (Å²) in [6.07, 6.45) is 1.83. The molecule has 0 radical (unpaired) electrons. The molecule has 0 bridgehead atoms. The Kier molecular flexibility index (Phi) is 4.01. The molecule has 126 valence electrons. The Morgan fingerprint density at radius 1 is 1.04 bits per heavy atom. The molecule has 0 amide bonds. The highest BCUT2D eigenvalue weighted by Crippen LogP contribution is 2.42. The number of pyridine rings is 1. The first-order valence-electron chi connectivity index (χ1n) is 8.37. The molecule has 0 saturated carbocycles. The number of H-pyrrole nitrogens is 1. The molecule has 25 heavy (non-hydrogen) atoms. The van der Waals surface area contributed by atoms with Gasteiger partial charge in [0.1, 0.15) is 0 Å². The molecule has 4 rings (SSSR count). The molecule has 4 nitrogen and oxygen atoms in total. The average Bonchev–Trinajstić information content (AvgIpc) is 3.15. The third-order valence-electron chi connectivity index (χ3n) is 4.64. The van der Waals surface area contributed by atoms with E-state index in [0.29, 0.717) is 0 Å². The molecule has 3 aromatic rings. The van der Waals surface area contributed by atoms with E-state index in [0.717, 1.165) is 27.9 Å². The van der Waals surface area contributed by atoms with Gasteiger partial charge in [-0.05, 0) is 62.0 Å². The molecule has 1 aromatic carbocycles. The Morgan fingerprint density at radius 2 is 1.80 bits per heavy atom. The van der Waals surface area contributed by atoms with E-state index in [2.05, 4.69) is 58.3 Å². The lowest BCUT2D eigenvalue weighted by atomic mass is 9.96. The summed E-state index contributed by atoms with van der Waals surface area (Å²) < 4.78 is 0. The van der Waals surface area contributed by atoms with Crippen molar-refractivity contribution in [3.8, 4) is 0 Å². The molecule has 0 unspecified atom stereocenters. The molecule has 1 aliphatic rings. The number of aryl methyl sites for hydroxylation is 2. The van der Waals surface area contributed by atoms with E-state index in [9.17, 15) is 0 Å². The Balaban J connectivity index is 1.86. The van der Waals surface area contributed by atoms with Gasteiger partial charge in [0.05, 0.1) is 17.8 Å². The molecular weight excluding hydrogens is 328 g/mol. The highest BCUT2D eigenvalue weighted by atomic mass is 32.1. The Morgan fingerprint density at radius 3 is 2.44 bits per heavy atom. The maximum Gasteiger partial charge on any atom is 0.174 e. The van der Waals surface area contributed by atoms with Gasteiger partial charge < -0.3 is 15.2 Å². The number of thiocarbonyl (C=S) groups is 1. The van der Waals surface area contributed by atoms with Crippen LogP contribution < -0.4 is 10.2 Å². The fourth-order valence-corrected chi connectivity index (χ4v) is 3.94. The highest BCUT2D eigenvalue weighted by molar-refractivity contribution is 7.80. The fourth-order valence-electron chi connectivity index (χ4n) is 3.59. The van der Waals surface area contributed by atoms with E-state index in [1.165, 1.54) is 5.56 Å². The van der Waals surface area contributed by atoms with Crippen LogP contribution in [0.5, 0.6) is 0 Å². The van der Waals surface area contributed by atoms with Gasteiger partial charge in [0.25, 0.3) is 0 Å². The second-order valence-corrected chi connectivity index (χ2v) is 6.75. The fraction of sp³-hybridized carbons (Fsp3) is 0.200. The van der Waals surface area contributed by atoms with Crippen LogP contribution in [0.15, 0.2) is 60.8 Å². The molecular formula is C20H20N4S. The summed E-state index contributed by atoms with van der Waals surface area (Å²) in [5, 5.41) is 4.21. The number of rotatable bonds is 3. The third kappa shape index (κ3) is 2.81. The molecule has 1 saturated heterocycles. The maximum atomic E-state index is 5.70. The number of nitrogens with one attached hydrogen (secondary N) is 2.